The van der Waals surface area contributed by atoms with Gasteiger partial charge in [-0.2, -0.15) is 0 Å². The topological polar surface area (TPSA) is 104 Å². The van der Waals surface area contributed by atoms with Crippen LogP contribution in [0.2, 0.25) is 0 Å². The van der Waals surface area contributed by atoms with E-state index in [2.05, 4.69) is 11.3 Å². The number of rotatable bonds is 6. The Balaban J connectivity index is 0. The summed E-state index contributed by atoms with van der Waals surface area (Å²) < 4.78 is 4.69. The summed E-state index contributed by atoms with van der Waals surface area (Å²) in [7, 11) is 0. The van der Waals surface area contributed by atoms with E-state index in [4.69, 9.17) is 15.3 Å². The molecule has 0 aromatic rings. The first-order chi connectivity index (χ1) is 7.31. The number of ether oxygens (including phenoxy) is 1. The van der Waals surface area contributed by atoms with Crippen LogP contribution in [0.25, 0.3) is 0 Å². The van der Waals surface area contributed by atoms with Crippen LogP contribution in [-0.4, -0.2) is 53.0 Å². The fraction of sp³-hybridized carbons (Fsp3) is 0.600. The minimum Gasteiger partial charge on any atom is -0.478 e. The van der Waals surface area contributed by atoms with Gasteiger partial charge < -0.3 is 20.1 Å². The zero-order chi connectivity index (χ0) is 13.1. The first-order valence-corrected chi connectivity index (χ1v) is 4.56. The molecule has 0 aromatic heterocycles. The molecule has 0 fully saturated rings. The Labute approximate surface area is 94.2 Å². The van der Waals surface area contributed by atoms with E-state index in [9.17, 15) is 9.59 Å². The van der Waals surface area contributed by atoms with E-state index >= 15 is 0 Å². The van der Waals surface area contributed by atoms with Gasteiger partial charge in [-0.05, 0) is 13.8 Å². The minimum absolute atomic E-state index is 0.00292. The van der Waals surface area contributed by atoms with Crippen LogP contribution in [0.3, 0.4) is 0 Å². The number of carboxylic acid groups (broad SMARTS) is 1. The molecule has 0 aliphatic heterocycles. The first kappa shape index (κ1) is 17.2. The molecule has 0 saturated heterocycles. The fourth-order valence-corrected chi connectivity index (χ4v) is 0.391. The summed E-state index contributed by atoms with van der Waals surface area (Å²) in [5.41, 5.74) is 0.176. The molecule has 0 spiro atoms. The molecule has 0 heterocycles. The number of carbonyl (C=O) groups excluding carboxylic acids is 1. The van der Waals surface area contributed by atoms with Crippen LogP contribution < -0.4 is 0 Å². The molecule has 6 heteroatoms. The number of hydrogen-bond acceptors (Lipinski definition) is 5. The first-order valence-electron chi connectivity index (χ1n) is 4.56. The SMILES string of the molecule is C=C(C)C(=O)O.CC(=O)COCC(O)CO. The molecule has 0 amide bonds. The second-order valence-corrected chi connectivity index (χ2v) is 3.14. The zero-order valence-corrected chi connectivity index (χ0v) is 9.47. The molecule has 3 N–H and O–H groups in total. The van der Waals surface area contributed by atoms with Gasteiger partial charge in [0.05, 0.1) is 13.2 Å². The van der Waals surface area contributed by atoms with E-state index in [0.29, 0.717) is 0 Å². The normalized spacial score (nSPS) is 11.0. The third kappa shape index (κ3) is 15.2. The van der Waals surface area contributed by atoms with Gasteiger partial charge in [-0.15, -0.1) is 0 Å². The second-order valence-electron chi connectivity index (χ2n) is 3.14. The summed E-state index contributed by atoms with van der Waals surface area (Å²) in [6.07, 6.45) is -0.876. The lowest BCUT2D eigenvalue weighted by Gasteiger charge is -2.05. The van der Waals surface area contributed by atoms with Crippen LogP contribution in [-0.2, 0) is 14.3 Å². The number of carboxylic acids is 1. The van der Waals surface area contributed by atoms with E-state index in [1.165, 1.54) is 13.8 Å². The summed E-state index contributed by atoms with van der Waals surface area (Å²) >= 11 is 0. The summed E-state index contributed by atoms with van der Waals surface area (Å²) in [6, 6.07) is 0. The maximum absolute atomic E-state index is 10.2. The largest absolute Gasteiger partial charge is 0.478 e. The van der Waals surface area contributed by atoms with E-state index in [1.54, 1.807) is 0 Å². The van der Waals surface area contributed by atoms with Crippen LogP contribution in [0.4, 0.5) is 0 Å². The lowest BCUT2D eigenvalue weighted by atomic mass is 10.4. The van der Waals surface area contributed by atoms with Crippen molar-refractivity contribution >= 4 is 11.8 Å². The van der Waals surface area contributed by atoms with Crippen LogP contribution in [0.1, 0.15) is 13.8 Å². The van der Waals surface area contributed by atoms with Crippen molar-refractivity contribution in [1.29, 1.82) is 0 Å². The zero-order valence-electron chi connectivity index (χ0n) is 9.47. The van der Waals surface area contributed by atoms with Crippen LogP contribution in [0.5, 0.6) is 0 Å². The maximum atomic E-state index is 10.2. The van der Waals surface area contributed by atoms with Gasteiger partial charge in [0.25, 0.3) is 0 Å². The Bertz CT molecular complexity index is 223. The average molecular weight is 234 g/mol. The van der Waals surface area contributed by atoms with Crippen molar-refractivity contribution < 1.29 is 29.6 Å². The highest BCUT2D eigenvalue weighted by Crippen LogP contribution is 1.83. The predicted molar refractivity (Wildman–Crippen MR) is 57.0 cm³/mol. The van der Waals surface area contributed by atoms with Crippen molar-refractivity contribution in [2.24, 2.45) is 0 Å². The Morgan fingerprint density at radius 1 is 1.38 bits per heavy atom. The molecule has 0 rings (SSSR count). The van der Waals surface area contributed by atoms with Crippen molar-refractivity contribution in [1.82, 2.24) is 0 Å². The molecule has 1 unspecified atom stereocenters. The molecule has 0 bridgehead atoms. The smallest absolute Gasteiger partial charge is 0.330 e. The molecule has 6 nitrogen and oxygen atoms in total. The standard InChI is InChI=1S/C6H12O4.C4H6O2/c1-5(8)3-10-4-6(9)2-7;1-3(2)4(5)6/h6-7,9H,2-4H2,1H3;1H2,2H3,(H,5,6). The molecule has 94 valence electrons. The predicted octanol–water partition coefficient (Wildman–Crippen LogP) is -0.408. The number of carbonyl (C=O) groups is 2. The third-order valence-corrected chi connectivity index (χ3v) is 1.19. The monoisotopic (exact) mass is 234 g/mol. The maximum Gasteiger partial charge on any atom is 0.330 e. The van der Waals surface area contributed by atoms with Crippen molar-refractivity contribution in [3.63, 3.8) is 0 Å². The van der Waals surface area contributed by atoms with Crippen LogP contribution in [0.15, 0.2) is 12.2 Å². The molecule has 0 aromatic carbocycles. The summed E-state index contributed by atoms with van der Waals surface area (Å²) in [5, 5.41) is 24.9. The minimum atomic E-state index is -0.935. The Hall–Kier alpha value is -1.24. The Morgan fingerprint density at radius 2 is 1.81 bits per heavy atom. The average Bonchev–Trinajstić information content (AvgIpc) is 2.17. The highest BCUT2D eigenvalue weighted by atomic mass is 16.5. The van der Waals surface area contributed by atoms with Gasteiger partial charge in [-0.25, -0.2) is 4.79 Å². The quantitative estimate of drug-likeness (QED) is 0.540. The highest BCUT2D eigenvalue weighted by Gasteiger charge is 2.01. The number of hydrogen-bond donors (Lipinski definition) is 3. The molecule has 0 radical (unpaired) electrons. The van der Waals surface area contributed by atoms with E-state index in [1.807, 2.05) is 0 Å². The molecular formula is C10H18O6. The lowest BCUT2D eigenvalue weighted by Crippen LogP contribution is -2.21. The molecule has 16 heavy (non-hydrogen) atoms. The number of aliphatic hydroxyl groups is 2. The fourth-order valence-electron chi connectivity index (χ4n) is 0.391. The van der Waals surface area contributed by atoms with Gasteiger partial charge >= 0.3 is 5.97 Å². The number of aliphatic carboxylic acids is 1. The molecule has 1 atom stereocenters. The van der Waals surface area contributed by atoms with Crippen LogP contribution >= 0.6 is 0 Å². The summed E-state index contributed by atoms with van der Waals surface area (Å²) in [4.78, 5) is 19.8. The van der Waals surface area contributed by atoms with Gasteiger partial charge in [0.15, 0.2) is 5.78 Å². The number of Topliss-reactive ketones (excluding diaryl/α,β-unsaturated/α-hetero) is 1. The Kier molecular flexibility index (Phi) is 11.0. The summed E-state index contributed by atoms with van der Waals surface area (Å²) in [6.45, 7) is 5.67. The van der Waals surface area contributed by atoms with Gasteiger partial charge in [-0.3, -0.25) is 4.79 Å². The highest BCUT2D eigenvalue weighted by molar-refractivity contribution is 5.84. The van der Waals surface area contributed by atoms with Gasteiger partial charge in [0.2, 0.25) is 0 Å². The van der Waals surface area contributed by atoms with Crippen molar-refractivity contribution in [2.75, 3.05) is 19.8 Å². The lowest BCUT2D eigenvalue weighted by molar-refractivity contribution is -0.132. The van der Waals surface area contributed by atoms with E-state index in [-0.39, 0.29) is 31.2 Å². The molecular weight excluding hydrogens is 216 g/mol. The van der Waals surface area contributed by atoms with Crippen molar-refractivity contribution in [2.45, 2.75) is 20.0 Å². The number of ketones is 1. The Morgan fingerprint density at radius 3 is 2.06 bits per heavy atom. The number of aliphatic hydroxyl groups excluding tert-OH is 2. The van der Waals surface area contributed by atoms with Gasteiger partial charge in [0, 0.05) is 5.57 Å². The van der Waals surface area contributed by atoms with Gasteiger partial charge in [0.1, 0.15) is 12.7 Å². The molecule has 0 aliphatic rings. The molecule has 0 saturated carbocycles. The van der Waals surface area contributed by atoms with Crippen LogP contribution in [0, 0.1) is 0 Å². The van der Waals surface area contributed by atoms with Crippen molar-refractivity contribution in [3.8, 4) is 0 Å². The van der Waals surface area contributed by atoms with E-state index < -0.39 is 12.1 Å². The van der Waals surface area contributed by atoms with E-state index in [0.717, 1.165) is 0 Å². The third-order valence-electron chi connectivity index (χ3n) is 1.19. The van der Waals surface area contributed by atoms with Gasteiger partial charge in [-0.1, -0.05) is 6.58 Å². The second kappa shape index (κ2) is 10.3. The van der Waals surface area contributed by atoms with Crippen molar-refractivity contribution in [3.05, 3.63) is 12.2 Å². The summed E-state index contributed by atoms with van der Waals surface area (Å²) in [5.74, 6) is -1.03. The molecule has 0 aliphatic carbocycles.